The number of nitrogens with zero attached hydrogens (tertiary/aromatic N) is 5. The van der Waals surface area contributed by atoms with Gasteiger partial charge in [-0.3, -0.25) is 14.6 Å². The van der Waals surface area contributed by atoms with Crippen molar-refractivity contribution in [2.24, 2.45) is 13.0 Å². The molecule has 1 amide bonds. The Morgan fingerprint density at radius 3 is 2.82 bits per heavy atom. The highest BCUT2D eigenvalue weighted by atomic mass is 35.5. The van der Waals surface area contributed by atoms with Crippen molar-refractivity contribution in [2.45, 2.75) is 12.6 Å². The van der Waals surface area contributed by atoms with Crippen LogP contribution in [0.25, 0.3) is 38.9 Å². The van der Waals surface area contributed by atoms with Crippen LogP contribution in [0.2, 0.25) is 5.02 Å². The second-order valence-electron chi connectivity index (χ2n) is 8.03. The molecule has 5 aromatic rings. The van der Waals surface area contributed by atoms with Crippen LogP contribution in [0.15, 0.2) is 43.0 Å². The molecule has 2 atom stereocenters. The molecule has 1 aromatic carbocycles. The number of pyridine rings is 1. The second kappa shape index (κ2) is 7.11. The Bertz CT molecular complexity index is 1570. The monoisotopic (exact) mass is 467 g/mol. The number of benzene rings is 1. The molecule has 4 aromatic heterocycles. The third-order valence-corrected chi connectivity index (χ3v) is 6.26. The number of carbonyl (C=O) groups is 1. The predicted molar refractivity (Wildman–Crippen MR) is 119 cm³/mol. The van der Waals surface area contributed by atoms with Gasteiger partial charge in [-0.2, -0.15) is 10.2 Å². The molecule has 1 saturated carbocycles. The molecule has 33 heavy (non-hydrogen) atoms. The molecule has 1 aliphatic rings. The number of amides is 1. The van der Waals surface area contributed by atoms with E-state index in [-0.39, 0.29) is 22.9 Å². The van der Waals surface area contributed by atoms with Crippen molar-refractivity contribution in [1.82, 2.24) is 29.4 Å². The van der Waals surface area contributed by atoms with E-state index in [1.165, 1.54) is 0 Å². The summed E-state index contributed by atoms with van der Waals surface area (Å²) in [7, 11) is 1.72. The number of hydrogen-bond acceptors (Lipinski definition) is 4. The zero-order valence-corrected chi connectivity index (χ0v) is 17.9. The number of aromatic amines is 1. The Kier molecular flexibility index (Phi) is 4.28. The number of fused-ring (bicyclic) bond motifs is 2. The number of nitrogens with one attached hydrogen (secondary N) is 2. The minimum absolute atomic E-state index is 0.0455. The summed E-state index contributed by atoms with van der Waals surface area (Å²) in [6.07, 6.45) is 5.69. The van der Waals surface area contributed by atoms with Crippen molar-refractivity contribution < 1.29 is 13.6 Å². The standard InChI is InChI=1S/C22H16ClF2N7O/c1-31-14(4-5-27-31)18-20(25)19(23)17(12-7-26-30-21(12)18)10-2-3-16-28-15(9-32(16)8-10)29-22(33)11-6-13(11)24/h2-5,7-9,11,13H,6H2,1H3,(H,26,30)(H,29,33). The zero-order chi connectivity index (χ0) is 22.9. The number of alkyl halides is 1. The molecule has 8 nitrogen and oxygen atoms in total. The fourth-order valence-electron chi connectivity index (χ4n) is 4.11. The molecule has 1 fully saturated rings. The van der Waals surface area contributed by atoms with E-state index in [4.69, 9.17) is 11.6 Å². The summed E-state index contributed by atoms with van der Waals surface area (Å²) < 4.78 is 32.0. The quantitative estimate of drug-likeness (QED) is 0.410. The number of halogens is 3. The molecular weight excluding hydrogens is 452 g/mol. The number of aryl methyl sites for hydroxylation is 1. The first kappa shape index (κ1) is 19.9. The highest BCUT2D eigenvalue weighted by Gasteiger charge is 2.43. The molecule has 0 radical (unpaired) electrons. The fraction of sp³-hybridized carbons (Fsp3) is 0.182. The predicted octanol–water partition coefficient (Wildman–Crippen LogP) is 4.37. The first-order valence-electron chi connectivity index (χ1n) is 10.2. The number of H-pyrrole nitrogens is 1. The third kappa shape index (κ3) is 3.09. The molecule has 2 unspecified atom stereocenters. The smallest absolute Gasteiger partial charge is 0.231 e. The average Bonchev–Trinajstić information content (AvgIpc) is 3.16. The Hall–Kier alpha value is -3.79. The molecule has 0 bridgehead atoms. The van der Waals surface area contributed by atoms with E-state index in [2.05, 4.69) is 25.6 Å². The van der Waals surface area contributed by atoms with E-state index < -0.39 is 17.9 Å². The van der Waals surface area contributed by atoms with Gasteiger partial charge < -0.3 is 9.72 Å². The number of rotatable bonds is 4. The number of aromatic nitrogens is 6. The van der Waals surface area contributed by atoms with Gasteiger partial charge in [0.15, 0.2) is 11.6 Å². The highest BCUT2D eigenvalue weighted by Crippen LogP contribution is 2.42. The first-order valence-corrected chi connectivity index (χ1v) is 10.6. The van der Waals surface area contributed by atoms with E-state index in [0.717, 1.165) is 0 Å². The van der Waals surface area contributed by atoms with Gasteiger partial charge in [0.05, 0.1) is 40.1 Å². The molecule has 1 aliphatic carbocycles. The van der Waals surface area contributed by atoms with Crippen molar-refractivity contribution in [3.63, 3.8) is 0 Å². The highest BCUT2D eigenvalue weighted by molar-refractivity contribution is 6.36. The SMILES string of the molecule is Cn1nccc1-c1c(F)c(Cl)c(-c2ccc3nc(NC(=O)C4CC4F)cn3c2)c2cn[nH]c12. The van der Waals surface area contributed by atoms with Gasteiger partial charge in [-0.15, -0.1) is 0 Å². The molecule has 0 saturated heterocycles. The van der Waals surface area contributed by atoms with Gasteiger partial charge in [0, 0.05) is 36.0 Å². The van der Waals surface area contributed by atoms with Crippen LogP contribution in [-0.2, 0) is 11.8 Å². The van der Waals surface area contributed by atoms with Crippen molar-refractivity contribution in [3.8, 4) is 22.4 Å². The van der Waals surface area contributed by atoms with Crippen LogP contribution in [0.5, 0.6) is 0 Å². The molecule has 4 heterocycles. The Balaban J connectivity index is 1.46. The number of imidazole rings is 1. The van der Waals surface area contributed by atoms with Crippen molar-refractivity contribution in [2.75, 3.05) is 5.32 Å². The van der Waals surface area contributed by atoms with E-state index in [1.807, 2.05) is 0 Å². The van der Waals surface area contributed by atoms with Crippen LogP contribution in [0.1, 0.15) is 6.42 Å². The minimum Gasteiger partial charge on any atom is -0.309 e. The van der Waals surface area contributed by atoms with Crippen LogP contribution < -0.4 is 5.32 Å². The second-order valence-corrected chi connectivity index (χ2v) is 8.41. The van der Waals surface area contributed by atoms with E-state index in [0.29, 0.717) is 39.2 Å². The largest absolute Gasteiger partial charge is 0.309 e. The molecule has 11 heteroatoms. The van der Waals surface area contributed by atoms with Crippen LogP contribution >= 0.6 is 11.6 Å². The van der Waals surface area contributed by atoms with E-state index in [1.54, 1.807) is 59.1 Å². The van der Waals surface area contributed by atoms with Gasteiger partial charge in [0.25, 0.3) is 0 Å². The van der Waals surface area contributed by atoms with Gasteiger partial charge in [-0.05, 0) is 24.6 Å². The lowest BCUT2D eigenvalue weighted by Crippen LogP contribution is -2.15. The van der Waals surface area contributed by atoms with Crippen LogP contribution in [0.3, 0.4) is 0 Å². The normalized spacial score (nSPS) is 17.7. The van der Waals surface area contributed by atoms with Gasteiger partial charge >= 0.3 is 0 Å². The topological polar surface area (TPSA) is 92.9 Å². The summed E-state index contributed by atoms with van der Waals surface area (Å²) in [5, 5.41) is 14.4. The van der Waals surface area contributed by atoms with Crippen molar-refractivity contribution >= 4 is 39.9 Å². The Morgan fingerprint density at radius 1 is 1.27 bits per heavy atom. The summed E-state index contributed by atoms with van der Waals surface area (Å²) >= 11 is 6.55. The van der Waals surface area contributed by atoms with Crippen LogP contribution in [-0.4, -0.2) is 41.4 Å². The zero-order valence-electron chi connectivity index (χ0n) is 17.2. The fourth-order valence-corrected chi connectivity index (χ4v) is 4.42. The molecule has 6 rings (SSSR count). The van der Waals surface area contributed by atoms with Gasteiger partial charge in [0.1, 0.15) is 11.8 Å². The van der Waals surface area contributed by atoms with Crippen molar-refractivity contribution in [1.29, 1.82) is 0 Å². The third-order valence-electron chi connectivity index (χ3n) is 5.91. The number of anilines is 1. The summed E-state index contributed by atoms with van der Waals surface area (Å²) in [6.45, 7) is 0. The van der Waals surface area contributed by atoms with Crippen molar-refractivity contribution in [3.05, 3.63) is 53.8 Å². The molecule has 0 aliphatic heterocycles. The van der Waals surface area contributed by atoms with Gasteiger partial charge in [0.2, 0.25) is 5.91 Å². The summed E-state index contributed by atoms with van der Waals surface area (Å²) in [6, 6.07) is 5.20. The lowest BCUT2D eigenvalue weighted by atomic mass is 9.98. The molecule has 0 spiro atoms. The maximum absolute atomic E-state index is 15.6. The van der Waals surface area contributed by atoms with Crippen LogP contribution in [0.4, 0.5) is 14.6 Å². The minimum atomic E-state index is -1.09. The number of carbonyl (C=O) groups excluding carboxylic acids is 1. The number of hydrogen-bond donors (Lipinski definition) is 2. The summed E-state index contributed by atoms with van der Waals surface area (Å²) in [4.78, 5) is 16.4. The lowest BCUT2D eigenvalue weighted by molar-refractivity contribution is -0.117. The van der Waals surface area contributed by atoms with Crippen LogP contribution in [0, 0.1) is 11.7 Å². The maximum Gasteiger partial charge on any atom is 0.231 e. The molecule has 166 valence electrons. The maximum atomic E-state index is 15.6. The lowest BCUT2D eigenvalue weighted by Gasteiger charge is -2.13. The molecule has 2 N–H and O–H groups in total. The van der Waals surface area contributed by atoms with E-state index in [9.17, 15) is 9.18 Å². The van der Waals surface area contributed by atoms with Gasteiger partial charge in [-0.25, -0.2) is 13.8 Å². The first-order chi connectivity index (χ1) is 15.9. The van der Waals surface area contributed by atoms with E-state index >= 15 is 4.39 Å². The molecular formula is C22H16ClF2N7O. The van der Waals surface area contributed by atoms with Gasteiger partial charge in [-0.1, -0.05) is 11.6 Å². The Labute approximate surface area is 190 Å². The Morgan fingerprint density at radius 2 is 2.09 bits per heavy atom. The summed E-state index contributed by atoms with van der Waals surface area (Å²) in [5.74, 6) is -1.27. The summed E-state index contributed by atoms with van der Waals surface area (Å²) in [5.41, 5.74) is 3.02. The average molecular weight is 468 g/mol.